The van der Waals surface area contributed by atoms with Gasteiger partial charge in [0, 0.05) is 11.6 Å². The summed E-state index contributed by atoms with van der Waals surface area (Å²) < 4.78 is 27.2. The van der Waals surface area contributed by atoms with Gasteiger partial charge in [-0.25, -0.2) is 12.4 Å². The van der Waals surface area contributed by atoms with E-state index in [1.807, 2.05) is 6.92 Å². The van der Waals surface area contributed by atoms with Crippen LogP contribution in [0.4, 0.5) is 4.79 Å². The zero-order chi connectivity index (χ0) is 19.2. The molecule has 1 aromatic heterocycles. The number of benzene rings is 2. The number of amides is 2. The zero-order valence-corrected chi connectivity index (χ0v) is 15.8. The first-order valence-corrected chi connectivity index (χ1v) is 10.3. The van der Waals surface area contributed by atoms with Crippen LogP contribution in [0.5, 0.6) is 0 Å². The SMILES string of the molecule is Cc1ccc(S(=O)(=O)n2ccc3c(/C=C4\SC(=O)NC4=O)cccc32)cc1. The lowest BCUT2D eigenvalue weighted by molar-refractivity contribution is -0.115. The molecule has 3 aromatic rings. The van der Waals surface area contributed by atoms with E-state index in [0.29, 0.717) is 16.5 Å². The Morgan fingerprint density at radius 3 is 2.44 bits per heavy atom. The average molecular weight is 398 g/mol. The molecule has 0 saturated carbocycles. The first-order chi connectivity index (χ1) is 12.9. The molecule has 1 saturated heterocycles. The fraction of sp³-hybridized carbons (Fsp3) is 0.0526. The molecule has 4 rings (SSSR count). The molecule has 1 N–H and O–H groups in total. The van der Waals surface area contributed by atoms with Crippen LogP contribution < -0.4 is 5.32 Å². The van der Waals surface area contributed by atoms with E-state index in [4.69, 9.17) is 0 Å². The second-order valence-electron chi connectivity index (χ2n) is 6.06. The van der Waals surface area contributed by atoms with Gasteiger partial charge in [-0.1, -0.05) is 29.8 Å². The van der Waals surface area contributed by atoms with Crippen molar-refractivity contribution in [1.29, 1.82) is 0 Å². The van der Waals surface area contributed by atoms with Gasteiger partial charge in [0.15, 0.2) is 0 Å². The molecule has 1 aliphatic heterocycles. The molecule has 136 valence electrons. The smallest absolute Gasteiger partial charge is 0.282 e. The zero-order valence-electron chi connectivity index (χ0n) is 14.2. The van der Waals surface area contributed by atoms with Gasteiger partial charge in [0.25, 0.3) is 21.2 Å². The molecule has 8 heteroatoms. The molecule has 1 aliphatic rings. The van der Waals surface area contributed by atoms with Gasteiger partial charge in [-0.2, -0.15) is 0 Å². The van der Waals surface area contributed by atoms with Crippen molar-refractivity contribution < 1.29 is 18.0 Å². The lowest BCUT2D eigenvalue weighted by Gasteiger charge is -2.08. The topological polar surface area (TPSA) is 85.2 Å². The lowest BCUT2D eigenvalue weighted by Crippen LogP contribution is -2.17. The largest absolute Gasteiger partial charge is 0.290 e. The Bertz CT molecular complexity index is 1220. The van der Waals surface area contributed by atoms with Crippen LogP contribution in [-0.4, -0.2) is 23.5 Å². The van der Waals surface area contributed by atoms with Crippen LogP contribution in [-0.2, 0) is 14.8 Å². The summed E-state index contributed by atoms with van der Waals surface area (Å²) in [7, 11) is -3.75. The summed E-state index contributed by atoms with van der Waals surface area (Å²) in [5, 5.41) is 2.46. The molecule has 2 heterocycles. The minimum absolute atomic E-state index is 0.200. The van der Waals surface area contributed by atoms with E-state index in [9.17, 15) is 18.0 Å². The van der Waals surface area contributed by atoms with E-state index in [1.54, 1.807) is 54.6 Å². The summed E-state index contributed by atoms with van der Waals surface area (Å²) in [5.41, 5.74) is 2.14. The van der Waals surface area contributed by atoms with Crippen LogP contribution in [0, 0.1) is 6.92 Å². The van der Waals surface area contributed by atoms with Gasteiger partial charge in [0.05, 0.1) is 15.3 Å². The first-order valence-electron chi connectivity index (χ1n) is 8.03. The number of fused-ring (bicyclic) bond motifs is 1. The van der Waals surface area contributed by atoms with Gasteiger partial charge in [0.2, 0.25) is 0 Å². The summed E-state index contributed by atoms with van der Waals surface area (Å²) in [4.78, 5) is 23.6. The van der Waals surface area contributed by atoms with E-state index in [1.165, 1.54) is 10.2 Å². The second-order valence-corrected chi connectivity index (χ2v) is 8.89. The van der Waals surface area contributed by atoms with Crippen LogP contribution in [0.2, 0.25) is 0 Å². The number of nitrogens with zero attached hydrogens (tertiary/aromatic N) is 1. The molecule has 0 radical (unpaired) electrons. The number of hydrogen-bond donors (Lipinski definition) is 1. The van der Waals surface area contributed by atoms with Gasteiger partial charge in [-0.05, 0) is 54.6 Å². The number of aryl methyl sites for hydroxylation is 1. The van der Waals surface area contributed by atoms with E-state index in [-0.39, 0.29) is 9.80 Å². The van der Waals surface area contributed by atoms with Gasteiger partial charge < -0.3 is 0 Å². The monoisotopic (exact) mass is 398 g/mol. The van der Waals surface area contributed by atoms with Crippen LogP contribution in [0.15, 0.2) is 64.5 Å². The van der Waals surface area contributed by atoms with Gasteiger partial charge in [-0.3, -0.25) is 14.9 Å². The molecule has 0 unspecified atom stereocenters. The highest BCUT2D eigenvalue weighted by Crippen LogP contribution is 2.30. The minimum atomic E-state index is -3.75. The molecule has 1 fully saturated rings. The summed E-state index contributed by atoms with van der Waals surface area (Å²) in [5.74, 6) is -0.450. The van der Waals surface area contributed by atoms with Crippen molar-refractivity contribution >= 4 is 49.9 Å². The van der Waals surface area contributed by atoms with E-state index >= 15 is 0 Å². The first kappa shape index (κ1) is 17.6. The second kappa shape index (κ2) is 6.40. The molecule has 0 aliphatic carbocycles. The molecule has 27 heavy (non-hydrogen) atoms. The van der Waals surface area contributed by atoms with Crippen molar-refractivity contribution in [3.05, 3.63) is 70.8 Å². The summed E-state index contributed by atoms with van der Waals surface area (Å²) in [6.07, 6.45) is 3.09. The van der Waals surface area contributed by atoms with Crippen molar-refractivity contribution in [2.45, 2.75) is 11.8 Å². The number of nitrogens with one attached hydrogen (secondary N) is 1. The highest BCUT2D eigenvalue weighted by atomic mass is 32.2. The Balaban J connectivity index is 1.84. The molecule has 2 aromatic carbocycles. The van der Waals surface area contributed by atoms with Crippen molar-refractivity contribution in [2.24, 2.45) is 0 Å². The Kier molecular flexibility index (Phi) is 4.16. The van der Waals surface area contributed by atoms with Crippen molar-refractivity contribution in [1.82, 2.24) is 9.29 Å². The Hall–Kier alpha value is -2.84. The number of carbonyl (C=O) groups excluding carboxylic acids is 2. The maximum absolute atomic E-state index is 13.0. The number of imide groups is 1. The molecule has 0 bridgehead atoms. The summed E-state index contributed by atoms with van der Waals surface area (Å²) in [6.45, 7) is 1.89. The summed E-state index contributed by atoms with van der Waals surface area (Å²) >= 11 is 0.824. The summed E-state index contributed by atoms with van der Waals surface area (Å²) in [6, 6.07) is 13.5. The lowest BCUT2D eigenvalue weighted by atomic mass is 10.1. The molecular formula is C19H14N2O4S2. The molecule has 2 amide bonds. The fourth-order valence-electron chi connectivity index (χ4n) is 2.89. The number of carbonyl (C=O) groups is 2. The highest BCUT2D eigenvalue weighted by molar-refractivity contribution is 8.18. The molecular weight excluding hydrogens is 384 g/mol. The van der Waals surface area contributed by atoms with Crippen LogP contribution in [0.25, 0.3) is 17.0 Å². The standard InChI is InChI=1S/C19H14N2O4S2/c1-12-5-7-14(8-6-12)27(24,25)21-10-9-15-13(3-2-4-16(15)21)11-17-18(22)20-19(23)26-17/h2-11H,1H3,(H,20,22,23)/b17-11-. The van der Waals surface area contributed by atoms with Gasteiger partial charge in [0.1, 0.15) is 0 Å². The maximum Gasteiger partial charge on any atom is 0.290 e. The third kappa shape index (κ3) is 3.07. The van der Waals surface area contributed by atoms with Crippen molar-refractivity contribution in [3.8, 4) is 0 Å². The molecule has 0 atom stereocenters. The Morgan fingerprint density at radius 2 is 1.78 bits per heavy atom. The number of rotatable bonds is 3. The van der Waals surface area contributed by atoms with Crippen molar-refractivity contribution in [2.75, 3.05) is 0 Å². The van der Waals surface area contributed by atoms with Crippen LogP contribution in [0.1, 0.15) is 11.1 Å². The minimum Gasteiger partial charge on any atom is -0.282 e. The highest BCUT2D eigenvalue weighted by Gasteiger charge is 2.25. The molecule has 0 spiro atoms. The predicted octanol–water partition coefficient (Wildman–Crippen LogP) is 3.51. The average Bonchev–Trinajstić information content (AvgIpc) is 3.19. The molecule has 6 nitrogen and oxygen atoms in total. The number of thioether (sulfide) groups is 1. The third-order valence-electron chi connectivity index (χ3n) is 4.24. The third-order valence-corrected chi connectivity index (χ3v) is 6.75. The normalized spacial score (nSPS) is 16.3. The Labute approximate surface area is 159 Å². The maximum atomic E-state index is 13.0. The van der Waals surface area contributed by atoms with E-state index in [2.05, 4.69) is 5.32 Å². The van der Waals surface area contributed by atoms with E-state index in [0.717, 1.165) is 17.3 Å². The number of hydrogen-bond acceptors (Lipinski definition) is 5. The quantitative estimate of drug-likeness (QED) is 0.683. The number of aromatic nitrogens is 1. The van der Waals surface area contributed by atoms with Crippen LogP contribution >= 0.6 is 11.8 Å². The van der Waals surface area contributed by atoms with Crippen molar-refractivity contribution in [3.63, 3.8) is 0 Å². The van der Waals surface area contributed by atoms with E-state index < -0.39 is 21.2 Å². The predicted molar refractivity (Wildman–Crippen MR) is 105 cm³/mol. The Morgan fingerprint density at radius 1 is 1.04 bits per heavy atom. The van der Waals surface area contributed by atoms with Crippen LogP contribution in [0.3, 0.4) is 0 Å². The van der Waals surface area contributed by atoms with Gasteiger partial charge in [-0.15, -0.1) is 0 Å². The fourth-order valence-corrected chi connectivity index (χ4v) is 4.91. The van der Waals surface area contributed by atoms with Gasteiger partial charge >= 0.3 is 0 Å².